The van der Waals surface area contributed by atoms with Crippen LogP contribution in [0.2, 0.25) is 5.15 Å². The molecule has 6 heteroatoms. The minimum atomic E-state index is -0.244. The SMILES string of the molecule is Cc1nn(Cc2ccccc2)c(Cl)c1C(=O)NCCc1cccc(O)c1. The van der Waals surface area contributed by atoms with Crippen molar-refractivity contribution in [1.29, 1.82) is 0 Å². The van der Waals surface area contributed by atoms with E-state index in [2.05, 4.69) is 10.4 Å². The second-order valence-electron chi connectivity index (χ2n) is 6.07. The number of aromatic hydroxyl groups is 1. The molecule has 2 aromatic carbocycles. The number of phenolic OH excluding ortho intramolecular Hbond substituents is 1. The Balaban J connectivity index is 1.65. The zero-order chi connectivity index (χ0) is 18.5. The Morgan fingerprint density at radius 2 is 1.88 bits per heavy atom. The van der Waals surface area contributed by atoms with Crippen LogP contribution in [0, 0.1) is 6.92 Å². The van der Waals surface area contributed by atoms with Crippen LogP contribution in [0.1, 0.15) is 27.2 Å². The number of phenols is 1. The largest absolute Gasteiger partial charge is 0.508 e. The van der Waals surface area contributed by atoms with E-state index in [-0.39, 0.29) is 11.7 Å². The summed E-state index contributed by atoms with van der Waals surface area (Å²) in [6.45, 7) is 2.73. The molecule has 134 valence electrons. The summed E-state index contributed by atoms with van der Waals surface area (Å²) in [6, 6.07) is 16.8. The molecule has 0 aliphatic heterocycles. The van der Waals surface area contributed by atoms with E-state index in [0.717, 1.165) is 11.1 Å². The van der Waals surface area contributed by atoms with Crippen LogP contribution in [0.3, 0.4) is 0 Å². The molecule has 1 aromatic heterocycles. The summed E-state index contributed by atoms with van der Waals surface area (Å²) >= 11 is 6.40. The molecule has 3 aromatic rings. The fourth-order valence-corrected chi connectivity index (χ4v) is 3.11. The van der Waals surface area contributed by atoms with Crippen LogP contribution < -0.4 is 5.32 Å². The topological polar surface area (TPSA) is 67.2 Å². The number of nitrogens with one attached hydrogen (secondary N) is 1. The molecule has 0 saturated heterocycles. The Bertz CT molecular complexity index is 907. The summed E-state index contributed by atoms with van der Waals surface area (Å²) in [6.07, 6.45) is 0.620. The van der Waals surface area contributed by atoms with E-state index in [1.54, 1.807) is 29.8 Å². The number of carbonyl (C=O) groups is 1. The molecule has 0 bridgehead atoms. The van der Waals surface area contributed by atoms with Gasteiger partial charge in [0, 0.05) is 6.54 Å². The van der Waals surface area contributed by atoms with Crippen molar-refractivity contribution in [2.75, 3.05) is 6.54 Å². The molecule has 0 radical (unpaired) electrons. The average Bonchev–Trinajstić information content (AvgIpc) is 2.89. The third-order valence-corrected chi connectivity index (χ3v) is 4.46. The highest BCUT2D eigenvalue weighted by atomic mass is 35.5. The summed E-state index contributed by atoms with van der Waals surface area (Å²) in [5, 5.41) is 17.1. The fourth-order valence-electron chi connectivity index (χ4n) is 2.79. The first kappa shape index (κ1) is 18.0. The first-order valence-electron chi connectivity index (χ1n) is 8.37. The molecule has 5 nitrogen and oxygen atoms in total. The molecule has 2 N–H and O–H groups in total. The molecule has 0 atom stereocenters. The number of carbonyl (C=O) groups excluding carboxylic acids is 1. The van der Waals surface area contributed by atoms with Crippen LogP contribution in [0.15, 0.2) is 54.6 Å². The Morgan fingerprint density at radius 3 is 2.62 bits per heavy atom. The predicted octanol–water partition coefficient (Wildman–Crippen LogP) is 3.57. The Morgan fingerprint density at radius 1 is 1.15 bits per heavy atom. The van der Waals surface area contributed by atoms with Crippen LogP contribution >= 0.6 is 11.6 Å². The quantitative estimate of drug-likeness (QED) is 0.698. The molecule has 0 aliphatic rings. The van der Waals surface area contributed by atoms with Gasteiger partial charge in [0.2, 0.25) is 0 Å². The number of aryl methyl sites for hydroxylation is 1. The number of hydrogen-bond acceptors (Lipinski definition) is 3. The first-order valence-corrected chi connectivity index (χ1v) is 8.75. The third kappa shape index (κ3) is 4.24. The van der Waals surface area contributed by atoms with Gasteiger partial charge in [-0.15, -0.1) is 0 Å². The van der Waals surface area contributed by atoms with Gasteiger partial charge >= 0.3 is 0 Å². The van der Waals surface area contributed by atoms with Gasteiger partial charge in [-0.1, -0.05) is 54.1 Å². The van der Waals surface area contributed by atoms with E-state index in [1.165, 1.54) is 0 Å². The van der Waals surface area contributed by atoms with Crippen molar-refractivity contribution in [3.8, 4) is 5.75 Å². The van der Waals surface area contributed by atoms with E-state index in [9.17, 15) is 9.90 Å². The lowest BCUT2D eigenvalue weighted by Crippen LogP contribution is -2.26. The maximum atomic E-state index is 12.5. The first-order chi connectivity index (χ1) is 12.5. The van der Waals surface area contributed by atoms with Gasteiger partial charge in [0.05, 0.1) is 17.8 Å². The zero-order valence-corrected chi connectivity index (χ0v) is 15.2. The van der Waals surface area contributed by atoms with Crippen molar-refractivity contribution in [2.24, 2.45) is 0 Å². The van der Waals surface area contributed by atoms with Gasteiger partial charge in [-0.2, -0.15) is 5.10 Å². The van der Waals surface area contributed by atoms with Gasteiger partial charge in [-0.25, -0.2) is 4.68 Å². The number of amides is 1. The molecular weight excluding hydrogens is 350 g/mol. The Hall–Kier alpha value is -2.79. The normalized spacial score (nSPS) is 10.7. The maximum absolute atomic E-state index is 12.5. The number of halogens is 1. The maximum Gasteiger partial charge on any atom is 0.256 e. The summed E-state index contributed by atoms with van der Waals surface area (Å²) in [7, 11) is 0. The predicted molar refractivity (Wildman–Crippen MR) is 102 cm³/mol. The van der Waals surface area contributed by atoms with E-state index in [4.69, 9.17) is 11.6 Å². The smallest absolute Gasteiger partial charge is 0.256 e. The third-order valence-electron chi connectivity index (χ3n) is 4.08. The summed E-state index contributed by atoms with van der Waals surface area (Å²) < 4.78 is 1.64. The summed E-state index contributed by atoms with van der Waals surface area (Å²) in [4.78, 5) is 12.5. The summed E-state index contributed by atoms with van der Waals surface area (Å²) in [5.74, 6) is -0.0260. The van der Waals surface area contributed by atoms with Crippen LogP contribution in [0.4, 0.5) is 0 Å². The van der Waals surface area contributed by atoms with E-state index in [1.807, 2.05) is 36.4 Å². The molecule has 0 aliphatic carbocycles. The van der Waals surface area contributed by atoms with Gasteiger partial charge in [-0.3, -0.25) is 4.79 Å². The molecule has 1 amide bonds. The highest BCUT2D eigenvalue weighted by Crippen LogP contribution is 2.21. The number of aromatic nitrogens is 2. The number of hydrogen-bond donors (Lipinski definition) is 2. The van der Waals surface area contributed by atoms with Gasteiger partial charge in [-0.05, 0) is 36.6 Å². The van der Waals surface area contributed by atoms with Gasteiger partial charge in [0.15, 0.2) is 0 Å². The lowest BCUT2D eigenvalue weighted by Gasteiger charge is -2.06. The molecule has 0 unspecified atom stereocenters. The lowest BCUT2D eigenvalue weighted by molar-refractivity contribution is 0.0953. The molecular formula is C20H20ClN3O2. The minimum Gasteiger partial charge on any atom is -0.508 e. The number of benzene rings is 2. The number of nitrogens with zero attached hydrogens (tertiary/aromatic N) is 2. The van der Waals surface area contributed by atoms with Crippen molar-refractivity contribution >= 4 is 17.5 Å². The molecule has 3 rings (SSSR count). The molecule has 0 saturated carbocycles. The Labute approximate surface area is 157 Å². The second kappa shape index (κ2) is 8.06. The van der Waals surface area contributed by atoms with E-state index < -0.39 is 0 Å². The van der Waals surface area contributed by atoms with Gasteiger partial charge < -0.3 is 10.4 Å². The van der Waals surface area contributed by atoms with Crippen LogP contribution in [0.25, 0.3) is 0 Å². The van der Waals surface area contributed by atoms with Crippen molar-refractivity contribution in [1.82, 2.24) is 15.1 Å². The molecule has 1 heterocycles. The molecule has 0 fully saturated rings. The monoisotopic (exact) mass is 369 g/mol. The molecule has 26 heavy (non-hydrogen) atoms. The van der Waals surface area contributed by atoms with Crippen LogP contribution in [0.5, 0.6) is 5.75 Å². The van der Waals surface area contributed by atoms with Gasteiger partial charge in [0.1, 0.15) is 10.9 Å². The van der Waals surface area contributed by atoms with E-state index in [0.29, 0.717) is 35.9 Å². The second-order valence-corrected chi connectivity index (χ2v) is 6.43. The van der Waals surface area contributed by atoms with Crippen molar-refractivity contribution < 1.29 is 9.90 Å². The van der Waals surface area contributed by atoms with Crippen molar-refractivity contribution in [2.45, 2.75) is 19.9 Å². The zero-order valence-electron chi connectivity index (χ0n) is 14.4. The molecule has 0 spiro atoms. The van der Waals surface area contributed by atoms with E-state index >= 15 is 0 Å². The average molecular weight is 370 g/mol. The van der Waals surface area contributed by atoms with Crippen molar-refractivity contribution in [3.05, 3.63) is 82.1 Å². The fraction of sp³-hybridized carbons (Fsp3) is 0.200. The van der Waals surface area contributed by atoms with Gasteiger partial charge in [0.25, 0.3) is 5.91 Å². The highest BCUT2D eigenvalue weighted by molar-refractivity contribution is 6.33. The minimum absolute atomic E-state index is 0.218. The highest BCUT2D eigenvalue weighted by Gasteiger charge is 2.20. The standard InChI is InChI=1S/C20H20ClN3O2/c1-14-18(19(21)24(23-14)13-16-6-3-2-4-7-16)20(26)22-11-10-15-8-5-9-17(25)12-15/h2-9,12,25H,10-11,13H2,1H3,(H,22,26). The van der Waals surface area contributed by atoms with Crippen molar-refractivity contribution in [3.63, 3.8) is 0 Å². The number of rotatable bonds is 6. The van der Waals surface area contributed by atoms with Crippen LogP contribution in [-0.2, 0) is 13.0 Å². The van der Waals surface area contributed by atoms with Crippen LogP contribution in [-0.4, -0.2) is 27.3 Å². The summed E-state index contributed by atoms with van der Waals surface area (Å²) in [5.41, 5.74) is 3.01. The lowest BCUT2D eigenvalue weighted by atomic mass is 10.1. The Kier molecular flexibility index (Phi) is 5.58.